The maximum Gasteiger partial charge on any atom is 0.305 e. The van der Waals surface area contributed by atoms with Crippen molar-refractivity contribution in [3.05, 3.63) is 24.2 Å². The molecule has 4 heterocycles. The van der Waals surface area contributed by atoms with E-state index < -0.39 is 46.6 Å². The van der Waals surface area contributed by atoms with Crippen LogP contribution in [-0.2, 0) is 38.0 Å². The minimum absolute atomic E-state index is 0.00336. The lowest BCUT2D eigenvalue weighted by Crippen LogP contribution is -2.73. The number of methoxy groups -OCH3 is 1. The summed E-state index contributed by atoms with van der Waals surface area (Å²) >= 11 is 0. The molecule has 5 fully saturated rings. The van der Waals surface area contributed by atoms with Crippen LogP contribution < -0.4 is 0 Å². The highest BCUT2D eigenvalue weighted by Gasteiger charge is 2.87. The Labute approximate surface area is 198 Å². The molecule has 3 saturated heterocycles. The molecule has 3 aliphatic heterocycles. The fourth-order valence-electron chi connectivity index (χ4n) is 8.18. The normalized spacial score (nSPS) is 48.6. The van der Waals surface area contributed by atoms with Crippen molar-refractivity contribution in [2.24, 2.45) is 22.7 Å². The van der Waals surface area contributed by atoms with Gasteiger partial charge in [0.05, 0.1) is 37.3 Å². The molecule has 3 spiro atoms. The van der Waals surface area contributed by atoms with Gasteiger partial charge in [-0.15, -0.1) is 0 Å². The predicted molar refractivity (Wildman–Crippen MR) is 114 cm³/mol. The van der Waals surface area contributed by atoms with Gasteiger partial charge in [0.2, 0.25) is 0 Å². The molecule has 1 aromatic rings. The zero-order chi connectivity index (χ0) is 23.9. The Bertz CT molecular complexity index is 987. The Hall–Kier alpha value is -1.94. The summed E-state index contributed by atoms with van der Waals surface area (Å²) in [4.78, 5) is 24.9. The van der Waals surface area contributed by atoms with Gasteiger partial charge in [-0.3, -0.25) is 9.59 Å². The van der Waals surface area contributed by atoms with Crippen molar-refractivity contribution >= 4 is 11.9 Å². The number of ether oxygens (including phenoxy) is 6. The molecule has 0 radical (unpaired) electrons. The summed E-state index contributed by atoms with van der Waals surface area (Å²) in [5.41, 5.74) is -0.801. The van der Waals surface area contributed by atoms with Crippen molar-refractivity contribution in [3.63, 3.8) is 0 Å². The highest BCUT2D eigenvalue weighted by Crippen LogP contribution is 2.77. The Morgan fingerprint density at radius 2 is 1.94 bits per heavy atom. The summed E-state index contributed by atoms with van der Waals surface area (Å²) in [6.45, 7) is 5.60. The summed E-state index contributed by atoms with van der Waals surface area (Å²) in [6.07, 6.45) is 5.06. The highest BCUT2D eigenvalue weighted by molar-refractivity contribution is 5.68. The molecule has 0 amide bonds. The van der Waals surface area contributed by atoms with Crippen molar-refractivity contribution in [2.75, 3.05) is 20.3 Å². The van der Waals surface area contributed by atoms with E-state index in [1.807, 2.05) is 13.0 Å². The Kier molecular flexibility index (Phi) is 4.83. The van der Waals surface area contributed by atoms with Crippen LogP contribution in [0.3, 0.4) is 0 Å². The zero-order valence-electron chi connectivity index (χ0n) is 20.0. The summed E-state index contributed by atoms with van der Waals surface area (Å²) < 4.78 is 42.7. The number of hydrogen-bond donors (Lipinski definition) is 0. The molecule has 2 bridgehead atoms. The van der Waals surface area contributed by atoms with Crippen LogP contribution in [-0.4, -0.2) is 56.0 Å². The Morgan fingerprint density at radius 3 is 2.56 bits per heavy atom. The molecular formula is C25H32O9. The molecule has 1 aromatic heterocycles. The number of rotatable bonds is 4. The van der Waals surface area contributed by atoms with E-state index in [0.717, 1.165) is 24.8 Å². The van der Waals surface area contributed by atoms with E-state index in [1.54, 1.807) is 19.6 Å². The number of carbonyl (C=O) groups excluding carboxylic acids is 2. The van der Waals surface area contributed by atoms with Crippen molar-refractivity contribution in [1.29, 1.82) is 0 Å². The van der Waals surface area contributed by atoms with E-state index in [1.165, 1.54) is 13.8 Å². The molecule has 0 N–H and O–H groups in total. The van der Waals surface area contributed by atoms with Crippen LogP contribution in [0.1, 0.15) is 58.1 Å². The summed E-state index contributed by atoms with van der Waals surface area (Å²) in [6, 6.07) is 1.90. The maximum absolute atomic E-state index is 12.5. The molecule has 0 aromatic carbocycles. The number of furan rings is 1. The second-order valence-corrected chi connectivity index (χ2v) is 10.6. The SMILES string of the molecule is CO[C@@H]1O[C@@H](c2ccoc2)C[C@]12[C@H](C)[C@@]1(OC(C)=O)OC[C@]3([C@@H]2CCC[C@]32CO2)[C@H]1OC(C)=O. The Morgan fingerprint density at radius 1 is 1.15 bits per heavy atom. The van der Waals surface area contributed by atoms with Crippen LogP contribution in [0.25, 0.3) is 0 Å². The van der Waals surface area contributed by atoms with Gasteiger partial charge in [0.25, 0.3) is 5.79 Å². The molecule has 6 rings (SSSR count). The second-order valence-electron chi connectivity index (χ2n) is 10.6. The van der Waals surface area contributed by atoms with E-state index in [0.29, 0.717) is 13.0 Å². The number of epoxide rings is 1. The topological polar surface area (TPSA) is 106 Å². The predicted octanol–water partition coefficient (Wildman–Crippen LogP) is 3.13. The van der Waals surface area contributed by atoms with Gasteiger partial charge in [0.15, 0.2) is 12.4 Å². The molecule has 9 atom stereocenters. The lowest BCUT2D eigenvalue weighted by Gasteiger charge is -2.63. The average Bonchev–Trinajstić information content (AvgIpc) is 3.16. The van der Waals surface area contributed by atoms with Gasteiger partial charge in [-0.2, -0.15) is 0 Å². The molecule has 34 heavy (non-hydrogen) atoms. The molecule has 0 unspecified atom stereocenters. The van der Waals surface area contributed by atoms with E-state index in [9.17, 15) is 9.59 Å². The van der Waals surface area contributed by atoms with Gasteiger partial charge in [-0.1, -0.05) is 13.3 Å². The fourth-order valence-corrected chi connectivity index (χ4v) is 8.18. The minimum atomic E-state index is -1.46. The fraction of sp³-hybridized carbons (Fsp3) is 0.760. The van der Waals surface area contributed by atoms with Gasteiger partial charge in [0.1, 0.15) is 5.60 Å². The zero-order valence-corrected chi connectivity index (χ0v) is 20.0. The number of carbonyl (C=O) groups is 2. The molecule has 5 aliphatic rings. The maximum atomic E-state index is 12.5. The third-order valence-electron chi connectivity index (χ3n) is 9.45. The van der Waals surface area contributed by atoms with E-state index >= 15 is 0 Å². The van der Waals surface area contributed by atoms with E-state index in [-0.39, 0.29) is 24.5 Å². The highest BCUT2D eigenvalue weighted by atomic mass is 16.8. The average molecular weight is 477 g/mol. The van der Waals surface area contributed by atoms with Gasteiger partial charge in [-0.05, 0) is 31.2 Å². The largest absolute Gasteiger partial charge is 0.472 e. The van der Waals surface area contributed by atoms with Crippen LogP contribution >= 0.6 is 0 Å². The lowest BCUT2D eigenvalue weighted by atomic mass is 9.42. The molecule has 186 valence electrons. The van der Waals surface area contributed by atoms with Crippen molar-refractivity contribution < 1.29 is 42.4 Å². The molecule has 9 heteroatoms. The van der Waals surface area contributed by atoms with Crippen LogP contribution in [0.5, 0.6) is 0 Å². The molecule has 9 nitrogen and oxygen atoms in total. The smallest absolute Gasteiger partial charge is 0.305 e. The standard InChI is InChI=1S/C25H32O9/c1-14-23(10-18(33-21(23)28-4)17-7-9-29-11-17)19-6-5-8-22(12-30-22)24(19)13-31-25(14,34-16(3)27)20(24)32-15(2)26/h7,9,11,14,18-21H,5-6,8,10,12-13H2,1-4H3/t14-,18+,19+,20+,21+,22-,23+,24-,25-/m0/s1. The first kappa shape index (κ1) is 22.5. The van der Waals surface area contributed by atoms with Crippen molar-refractivity contribution in [3.8, 4) is 0 Å². The second kappa shape index (κ2) is 7.29. The van der Waals surface area contributed by atoms with Crippen LogP contribution in [0.15, 0.2) is 23.0 Å². The molecule has 2 saturated carbocycles. The number of fused-ring (bicyclic) bond motifs is 2. The molecule has 2 aliphatic carbocycles. The van der Waals surface area contributed by atoms with Gasteiger partial charge < -0.3 is 32.8 Å². The first-order valence-corrected chi connectivity index (χ1v) is 12.1. The van der Waals surface area contributed by atoms with Crippen molar-refractivity contribution in [2.45, 2.75) is 76.3 Å². The summed E-state index contributed by atoms with van der Waals surface area (Å²) in [5, 5.41) is 0. The lowest BCUT2D eigenvalue weighted by molar-refractivity contribution is -0.332. The summed E-state index contributed by atoms with van der Waals surface area (Å²) in [5.74, 6) is -2.77. The van der Waals surface area contributed by atoms with E-state index in [2.05, 4.69) is 0 Å². The molecular weight excluding hydrogens is 444 g/mol. The van der Waals surface area contributed by atoms with Crippen molar-refractivity contribution in [1.82, 2.24) is 0 Å². The van der Waals surface area contributed by atoms with Crippen LogP contribution in [0.2, 0.25) is 0 Å². The van der Waals surface area contributed by atoms with E-state index in [4.69, 9.17) is 32.8 Å². The van der Waals surface area contributed by atoms with Gasteiger partial charge in [-0.25, -0.2) is 0 Å². The van der Waals surface area contributed by atoms with Gasteiger partial charge >= 0.3 is 11.9 Å². The first-order chi connectivity index (χ1) is 16.3. The number of hydrogen-bond acceptors (Lipinski definition) is 9. The van der Waals surface area contributed by atoms with Crippen LogP contribution in [0, 0.1) is 22.7 Å². The van der Waals surface area contributed by atoms with Gasteiger partial charge in [0, 0.05) is 37.9 Å². The Balaban J connectivity index is 1.56. The quantitative estimate of drug-likeness (QED) is 0.479. The minimum Gasteiger partial charge on any atom is -0.472 e. The van der Waals surface area contributed by atoms with Crippen LogP contribution in [0.4, 0.5) is 0 Å². The first-order valence-electron chi connectivity index (χ1n) is 12.1. The number of esters is 2. The monoisotopic (exact) mass is 476 g/mol. The third kappa shape index (κ3) is 2.59. The summed E-state index contributed by atoms with van der Waals surface area (Å²) in [7, 11) is 1.65. The third-order valence-corrected chi connectivity index (χ3v) is 9.45.